The lowest BCUT2D eigenvalue weighted by Crippen LogP contribution is -2.28. The van der Waals surface area contributed by atoms with Crippen LogP contribution in [-0.2, 0) is 0 Å². The van der Waals surface area contributed by atoms with Gasteiger partial charge in [0.15, 0.2) is 0 Å². The van der Waals surface area contributed by atoms with Gasteiger partial charge in [0.25, 0.3) is 0 Å². The molecule has 1 N–H and O–H groups in total. The summed E-state index contributed by atoms with van der Waals surface area (Å²) in [7, 11) is 0. The van der Waals surface area contributed by atoms with Crippen molar-refractivity contribution in [3.8, 4) is 0 Å². The average Bonchev–Trinajstić information content (AvgIpc) is 2.89. The van der Waals surface area contributed by atoms with E-state index >= 15 is 0 Å². The Balaban J connectivity index is 1.68. The quantitative estimate of drug-likeness (QED) is 0.881. The van der Waals surface area contributed by atoms with E-state index in [1.165, 1.54) is 36.1 Å². The third kappa shape index (κ3) is 2.72. The molecule has 18 heavy (non-hydrogen) atoms. The molecule has 1 aliphatic carbocycles. The van der Waals surface area contributed by atoms with Crippen molar-refractivity contribution >= 4 is 11.8 Å². The Labute approximate surface area is 113 Å². The van der Waals surface area contributed by atoms with Gasteiger partial charge in [-0.2, -0.15) is 0 Å². The SMILES string of the molecule is Fc1ccc2c(c1)C(NCC1CCCC1)CCS2. The van der Waals surface area contributed by atoms with E-state index in [2.05, 4.69) is 5.32 Å². The van der Waals surface area contributed by atoms with Gasteiger partial charge >= 0.3 is 0 Å². The Bertz CT molecular complexity index is 415. The predicted molar refractivity (Wildman–Crippen MR) is 74.4 cm³/mol. The van der Waals surface area contributed by atoms with Gasteiger partial charge in [-0.25, -0.2) is 4.39 Å². The Hall–Kier alpha value is -0.540. The lowest BCUT2D eigenvalue weighted by molar-refractivity contribution is 0.425. The fraction of sp³-hybridized carbons (Fsp3) is 0.600. The molecule has 1 aromatic carbocycles. The van der Waals surface area contributed by atoms with Crippen LogP contribution in [0, 0.1) is 11.7 Å². The molecule has 3 heteroatoms. The van der Waals surface area contributed by atoms with Gasteiger partial charge in [-0.15, -0.1) is 11.8 Å². The van der Waals surface area contributed by atoms with Crippen LogP contribution in [0.1, 0.15) is 43.7 Å². The largest absolute Gasteiger partial charge is 0.310 e. The first kappa shape index (κ1) is 12.5. The van der Waals surface area contributed by atoms with Gasteiger partial charge in [0.1, 0.15) is 5.82 Å². The summed E-state index contributed by atoms with van der Waals surface area (Å²) in [5.74, 6) is 1.88. The fourth-order valence-electron chi connectivity index (χ4n) is 3.10. The number of thioether (sulfide) groups is 1. The van der Waals surface area contributed by atoms with Crippen LogP contribution < -0.4 is 5.32 Å². The van der Waals surface area contributed by atoms with E-state index in [-0.39, 0.29) is 5.82 Å². The van der Waals surface area contributed by atoms with E-state index in [4.69, 9.17) is 0 Å². The Morgan fingerprint density at radius 2 is 2.06 bits per heavy atom. The molecule has 3 rings (SSSR count). The maximum atomic E-state index is 13.4. The minimum Gasteiger partial charge on any atom is -0.310 e. The zero-order chi connectivity index (χ0) is 12.4. The molecule has 1 unspecified atom stereocenters. The van der Waals surface area contributed by atoms with Crippen LogP contribution in [0.4, 0.5) is 4.39 Å². The summed E-state index contributed by atoms with van der Waals surface area (Å²) in [6.45, 7) is 1.10. The van der Waals surface area contributed by atoms with Gasteiger partial charge < -0.3 is 5.32 Å². The van der Waals surface area contributed by atoms with Gasteiger partial charge in [0, 0.05) is 10.9 Å². The number of rotatable bonds is 3. The van der Waals surface area contributed by atoms with E-state index in [1.54, 1.807) is 12.1 Å². The summed E-state index contributed by atoms with van der Waals surface area (Å²) in [6, 6.07) is 5.58. The molecule has 0 saturated heterocycles. The van der Waals surface area contributed by atoms with Crippen LogP contribution in [0.2, 0.25) is 0 Å². The summed E-state index contributed by atoms with van der Waals surface area (Å²) in [5.41, 5.74) is 1.17. The van der Waals surface area contributed by atoms with Crippen LogP contribution in [0.25, 0.3) is 0 Å². The lowest BCUT2D eigenvalue weighted by Gasteiger charge is -2.27. The molecular formula is C15H20FNS. The highest BCUT2D eigenvalue weighted by Crippen LogP contribution is 2.36. The van der Waals surface area contributed by atoms with Crippen molar-refractivity contribution < 1.29 is 4.39 Å². The van der Waals surface area contributed by atoms with E-state index in [0.29, 0.717) is 6.04 Å². The van der Waals surface area contributed by atoms with E-state index in [1.807, 2.05) is 17.8 Å². The second kappa shape index (κ2) is 5.62. The van der Waals surface area contributed by atoms with Gasteiger partial charge in [-0.3, -0.25) is 0 Å². The van der Waals surface area contributed by atoms with E-state index < -0.39 is 0 Å². The molecule has 1 nitrogen and oxygen atoms in total. The molecule has 0 aromatic heterocycles. The highest BCUT2D eigenvalue weighted by atomic mass is 32.2. The Morgan fingerprint density at radius 1 is 1.22 bits per heavy atom. The molecule has 98 valence electrons. The second-order valence-electron chi connectivity index (χ2n) is 5.43. The number of benzene rings is 1. The predicted octanol–water partition coefficient (Wildman–Crippen LogP) is 4.14. The number of hydrogen-bond donors (Lipinski definition) is 1. The van der Waals surface area contributed by atoms with Crippen LogP contribution in [-0.4, -0.2) is 12.3 Å². The first-order chi connectivity index (χ1) is 8.83. The molecule has 0 spiro atoms. The first-order valence-corrected chi connectivity index (χ1v) is 7.97. The monoisotopic (exact) mass is 265 g/mol. The van der Waals surface area contributed by atoms with Crippen molar-refractivity contribution in [2.45, 2.75) is 43.0 Å². The van der Waals surface area contributed by atoms with Gasteiger partial charge in [-0.1, -0.05) is 12.8 Å². The smallest absolute Gasteiger partial charge is 0.123 e. The lowest BCUT2D eigenvalue weighted by atomic mass is 10.0. The van der Waals surface area contributed by atoms with Crippen molar-refractivity contribution in [2.24, 2.45) is 5.92 Å². The van der Waals surface area contributed by atoms with Crippen LogP contribution >= 0.6 is 11.8 Å². The number of halogens is 1. The summed E-state index contributed by atoms with van der Waals surface area (Å²) >= 11 is 1.85. The molecule has 1 heterocycles. The Morgan fingerprint density at radius 3 is 2.89 bits per heavy atom. The molecule has 1 atom stereocenters. The normalized spacial score (nSPS) is 24.2. The maximum Gasteiger partial charge on any atom is 0.123 e. The summed E-state index contributed by atoms with van der Waals surface area (Å²) < 4.78 is 13.4. The topological polar surface area (TPSA) is 12.0 Å². The van der Waals surface area contributed by atoms with Gasteiger partial charge in [0.05, 0.1) is 0 Å². The minimum atomic E-state index is -0.107. The van der Waals surface area contributed by atoms with Crippen molar-refractivity contribution in [3.63, 3.8) is 0 Å². The molecule has 1 aromatic rings. The molecule has 0 bridgehead atoms. The van der Waals surface area contributed by atoms with Gasteiger partial charge in [0.2, 0.25) is 0 Å². The van der Waals surface area contributed by atoms with Gasteiger partial charge in [-0.05, 0) is 61.2 Å². The zero-order valence-electron chi connectivity index (χ0n) is 10.6. The molecule has 0 amide bonds. The number of nitrogens with one attached hydrogen (secondary N) is 1. The molecule has 1 aliphatic heterocycles. The standard InChI is InChI=1S/C15H20FNS/c16-12-5-6-15-13(9-12)14(7-8-18-15)17-10-11-3-1-2-4-11/h5-6,9,11,14,17H,1-4,7-8,10H2. The third-order valence-corrected chi connectivity index (χ3v) is 5.26. The third-order valence-electron chi connectivity index (χ3n) is 4.14. The summed E-state index contributed by atoms with van der Waals surface area (Å²) in [6.07, 6.45) is 6.62. The number of fused-ring (bicyclic) bond motifs is 1. The first-order valence-electron chi connectivity index (χ1n) is 6.98. The number of hydrogen-bond acceptors (Lipinski definition) is 2. The average molecular weight is 265 g/mol. The summed E-state index contributed by atoms with van der Waals surface area (Å²) in [4.78, 5) is 1.26. The van der Waals surface area contributed by atoms with Crippen molar-refractivity contribution in [3.05, 3.63) is 29.6 Å². The van der Waals surface area contributed by atoms with Crippen LogP contribution in [0.15, 0.2) is 23.1 Å². The van der Waals surface area contributed by atoms with Crippen LogP contribution in [0.3, 0.4) is 0 Å². The molecule has 0 radical (unpaired) electrons. The highest BCUT2D eigenvalue weighted by Gasteiger charge is 2.22. The second-order valence-corrected chi connectivity index (χ2v) is 6.57. The van der Waals surface area contributed by atoms with E-state index in [0.717, 1.165) is 24.6 Å². The molecule has 2 aliphatic rings. The van der Waals surface area contributed by atoms with Crippen molar-refractivity contribution in [1.82, 2.24) is 5.32 Å². The Kier molecular flexibility index (Phi) is 3.90. The maximum absolute atomic E-state index is 13.4. The highest BCUT2D eigenvalue weighted by molar-refractivity contribution is 7.99. The molecule has 1 saturated carbocycles. The fourth-order valence-corrected chi connectivity index (χ4v) is 4.21. The molecular weight excluding hydrogens is 245 g/mol. The summed E-state index contributed by atoms with van der Waals surface area (Å²) in [5, 5.41) is 3.67. The van der Waals surface area contributed by atoms with E-state index in [9.17, 15) is 4.39 Å². The molecule has 1 fully saturated rings. The zero-order valence-corrected chi connectivity index (χ0v) is 11.4. The van der Waals surface area contributed by atoms with Crippen molar-refractivity contribution in [2.75, 3.05) is 12.3 Å². The van der Waals surface area contributed by atoms with Crippen LogP contribution in [0.5, 0.6) is 0 Å². The van der Waals surface area contributed by atoms with Crippen molar-refractivity contribution in [1.29, 1.82) is 0 Å². The minimum absolute atomic E-state index is 0.107.